The van der Waals surface area contributed by atoms with Gasteiger partial charge in [-0.1, -0.05) is 55.1 Å². The molecule has 3 N–H and O–H groups in total. The number of benzene rings is 3. The van der Waals surface area contributed by atoms with Crippen molar-refractivity contribution >= 4 is 17.3 Å². The number of nitriles is 1. The summed E-state index contributed by atoms with van der Waals surface area (Å²) in [6.45, 7) is 3.70. The summed E-state index contributed by atoms with van der Waals surface area (Å²) in [5, 5.41) is 17.5. The molecule has 0 bridgehead atoms. The van der Waals surface area contributed by atoms with Gasteiger partial charge in [-0.25, -0.2) is 4.39 Å². The molecule has 39 heavy (non-hydrogen) atoms. The highest BCUT2D eigenvalue weighted by Crippen LogP contribution is 2.33. The minimum absolute atomic E-state index is 0.192. The molecule has 0 aromatic heterocycles. The second-order valence-corrected chi connectivity index (χ2v) is 9.26. The minimum atomic E-state index is -4.79. The van der Waals surface area contributed by atoms with Crippen LogP contribution >= 0.6 is 0 Å². The maximum absolute atomic E-state index is 15.8. The van der Waals surface area contributed by atoms with E-state index in [1.807, 2.05) is 36.4 Å². The Bertz CT molecular complexity index is 1420. The van der Waals surface area contributed by atoms with Gasteiger partial charge in [0.05, 0.1) is 28.9 Å². The lowest BCUT2D eigenvalue weighted by Crippen LogP contribution is -2.26. The molecule has 0 saturated heterocycles. The van der Waals surface area contributed by atoms with Gasteiger partial charge in [0.1, 0.15) is 5.70 Å². The number of anilines is 2. The fourth-order valence-corrected chi connectivity index (χ4v) is 3.95. The maximum atomic E-state index is 15.8. The summed E-state index contributed by atoms with van der Waals surface area (Å²) in [5.41, 5.74) is -0.432. The Morgan fingerprint density at radius 2 is 1.77 bits per heavy atom. The summed E-state index contributed by atoms with van der Waals surface area (Å²) in [6, 6.07) is 21.1. The molecule has 0 aliphatic heterocycles. The van der Waals surface area contributed by atoms with E-state index in [1.54, 1.807) is 12.1 Å². The van der Waals surface area contributed by atoms with Crippen LogP contribution in [0.4, 0.5) is 28.9 Å². The lowest BCUT2D eigenvalue weighted by molar-refractivity contribution is -0.112. The molecule has 1 saturated carbocycles. The van der Waals surface area contributed by atoms with E-state index in [-0.39, 0.29) is 16.9 Å². The van der Waals surface area contributed by atoms with Crippen LogP contribution in [0.15, 0.2) is 96.7 Å². The van der Waals surface area contributed by atoms with Crippen molar-refractivity contribution in [2.45, 2.75) is 25.1 Å². The smallest absolute Gasteiger partial charge is 0.351 e. The number of carbonyl (C=O) groups excluding carboxylic acids is 1. The predicted molar refractivity (Wildman–Crippen MR) is 142 cm³/mol. The fourth-order valence-electron chi connectivity index (χ4n) is 3.95. The summed E-state index contributed by atoms with van der Waals surface area (Å²) in [4.78, 5) is 13.2. The lowest BCUT2D eigenvalue weighted by Gasteiger charge is -2.22. The van der Waals surface area contributed by atoms with Crippen molar-refractivity contribution in [2.24, 2.45) is 5.92 Å². The Balaban J connectivity index is 1.64. The Morgan fingerprint density at radius 3 is 2.44 bits per heavy atom. The van der Waals surface area contributed by atoms with Gasteiger partial charge in [-0.05, 0) is 61.2 Å². The summed E-state index contributed by atoms with van der Waals surface area (Å²) in [7, 11) is 0. The van der Waals surface area contributed by atoms with Crippen LogP contribution in [0.1, 0.15) is 35.6 Å². The Morgan fingerprint density at radius 1 is 1.05 bits per heavy atom. The van der Waals surface area contributed by atoms with Gasteiger partial charge in [-0.3, -0.25) is 4.79 Å². The number of hydrogen-bond donors (Lipinski definition) is 3. The lowest BCUT2D eigenvalue weighted by atomic mass is 9.97. The van der Waals surface area contributed by atoms with Gasteiger partial charge in [0.2, 0.25) is 0 Å². The highest BCUT2D eigenvalue weighted by molar-refractivity contribution is 6.06. The van der Waals surface area contributed by atoms with E-state index in [0.717, 1.165) is 18.4 Å². The SMILES string of the molecule is C=C(/C=C(\Nc1cccc(C#N)c1)C(=O)Nc1cccc(C(NCC2CC2)c2ccccc2)c1F)C(F)(F)F. The number of amides is 1. The van der Waals surface area contributed by atoms with Crippen LogP contribution in [-0.2, 0) is 4.79 Å². The van der Waals surface area contributed by atoms with Gasteiger partial charge in [0.25, 0.3) is 5.91 Å². The van der Waals surface area contributed by atoms with Crippen molar-refractivity contribution in [3.8, 4) is 6.07 Å². The number of hydrogen-bond acceptors (Lipinski definition) is 4. The molecule has 1 aliphatic rings. The molecule has 4 rings (SSSR count). The van der Waals surface area contributed by atoms with Crippen molar-refractivity contribution in [2.75, 3.05) is 17.2 Å². The quantitative estimate of drug-likeness (QED) is 0.151. The van der Waals surface area contributed by atoms with Crippen LogP contribution in [0.25, 0.3) is 0 Å². The highest BCUT2D eigenvalue weighted by atomic mass is 19.4. The van der Waals surface area contributed by atoms with Crippen molar-refractivity contribution in [1.82, 2.24) is 5.32 Å². The topological polar surface area (TPSA) is 77.0 Å². The number of rotatable bonds is 10. The molecule has 1 atom stereocenters. The zero-order chi connectivity index (χ0) is 28.0. The predicted octanol–water partition coefficient (Wildman–Crippen LogP) is 6.84. The number of halogens is 4. The van der Waals surface area contributed by atoms with Crippen molar-refractivity contribution in [3.63, 3.8) is 0 Å². The van der Waals surface area contributed by atoms with Crippen molar-refractivity contribution in [3.05, 3.63) is 119 Å². The fraction of sp³-hybridized carbons (Fsp3) is 0.200. The molecular formula is C30H26F4N4O. The first-order valence-electron chi connectivity index (χ1n) is 12.3. The highest BCUT2D eigenvalue weighted by Gasteiger charge is 2.32. The summed E-state index contributed by atoms with van der Waals surface area (Å²) < 4.78 is 55.6. The monoisotopic (exact) mass is 534 g/mol. The molecule has 5 nitrogen and oxygen atoms in total. The molecule has 1 fully saturated rings. The molecule has 3 aromatic carbocycles. The third-order valence-corrected chi connectivity index (χ3v) is 6.23. The van der Waals surface area contributed by atoms with E-state index in [1.165, 1.54) is 30.3 Å². The molecular weight excluding hydrogens is 508 g/mol. The van der Waals surface area contributed by atoms with Gasteiger partial charge < -0.3 is 16.0 Å². The summed E-state index contributed by atoms with van der Waals surface area (Å²) in [6.07, 6.45) is -2.03. The zero-order valence-electron chi connectivity index (χ0n) is 20.9. The molecule has 1 amide bonds. The summed E-state index contributed by atoms with van der Waals surface area (Å²) in [5.74, 6) is -1.19. The van der Waals surface area contributed by atoms with Crippen LogP contribution in [0.3, 0.4) is 0 Å². The van der Waals surface area contributed by atoms with Crippen LogP contribution in [0.2, 0.25) is 0 Å². The van der Waals surface area contributed by atoms with Gasteiger partial charge in [0.15, 0.2) is 5.82 Å². The van der Waals surface area contributed by atoms with E-state index >= 15 is 4.39 Å². The van der Waals surface area contributed by atoms with E-state index < -0.39 is 35.2 Å². The third kappa shape index (κ3) is 7.33. The molecule has 0 heterocycles. The first kappa shape index (κ1) is 27.6. The van der Waals surface area contributed by atoms with Crippen LogP contribution in [0, 0.1) is 23.1 Å². The van der Waals surface area contributed by atoms with Gasteiger partial charge in [-0.15, -0.1) is 0 Å². The number of allylic oxidation sites excluding steroid dienone is 2. The van der Waals surface area contributed by atoms with Crippen LogP contribution in [-0.4, -0.2) is 18.6 Å². The summed E-state index contributed by atoms with van der Waals surface area (Å²) >= 11 is 0. The first-order chi connectivity index (χ1) is 18.7. The number of carbonyl (C=O) groups is 1. The molecule has 200 valence electrons. The molecule has 3 aromatic rings. The number of nitrogens with zero attached hydrogens (tertiary/aromatic N) is 1. The standard InChI is InChI=1S/C30H26F4N4O/c1-19(30(32,33)34)15-26(37-23-10-5-7-21(16-23)17-35)29(39)38-25-12-6-11-24(27(25)31)28(36-18-20-13-14-20)22-8-3-2-4-9-22/h2-12,15-16,20,28,36-37H,1,13-14,18H2,(H,38,39)/b26-15-. The Kier molecular flexibility index (Phi) is 8.47. The largest absolute Gasteiger partial charge is 0.415 e. The van der Waals surface area contributed by atoms with E-state index in [9.17, 15) is 18.0 Å². The molecule has 1 unspecified atom stereocenters. The van der Waals surface area contributed by atoms with Gasteiger partial charge in [-0.2, -0.15) is 18.4 Å². The first-order valence-corrected chi connectivity index (χ1v) is 12.3. The van der Waals surface area contributed by atoms with E-state index in [0.29, 0.717) is 24.1 Å². The maximum Gasteiger partial charge on any atom is 0.415 e. The molecule has 9 heteroatoms. The van der Waals surface area contributed by atoms with E-state index in [2.05, 4.69) is 22.5 Å². The number of nitrogens with one attached hydrogen (secondary N) is 3. The second kappa shape index (κ2) is 12.0. The van der Waals surface area contributed by atoms with Crippen molar-refractivity contribution < 1.29 is 22.4 Å². The molecule has 0 spiro atoms. The molecule has 1 aliphatic carbocycles. The third-order valence-electron chi connectivity index (χ3n) is 6.23. The average molecular weight is 535 g/mol. The van der Waals surface area contributed by atoms with Crippen LogP contribution in [0.5, 0.6) is 0 Å². The van der Waals surface area contributed by atoms with Gasteiger partial charge >= 0.3 is 6.18 Å². The average Bonchev–Trinajstić information content (AvgIpc) is 3.75. The van der Waals surface area contributed by atoms with Crippen molar-refractivity contribution in [1.29, 1.82) is 5.26 Å². The minimum Gasteiger partial charge on any atom is -0.351 e. The zero-order valence-corrected chi connectivity index (χ0v) is 20.9. The Hall–Kier alpha value is -4.42. The Labute approximate surface area is 223 Å². The number of alkyl halides is 3. The van der Waals surface area contributed by atoms with E-state index in [4.69, 9.17) is 5.26 Å². The normalized spacial score (nSPS) is 14.3. The molecule has 0 radical (unpaired) electrons. The van der Waals surface area contributed by atoms with Gasteiger partial charge in [0, 0.05) is 11.3 Å². The second-order valence-electron chi connectivity index (χ2n) is 9.26. The van der Waals surface area contributed by atoms with Crippen LogP contribution < -0.4 is 16.0 Å².